The smallest absolute Gasteiger partial charge is 0.0702 e. The van der Waals surface area contributed by atoms with Crippen LogP contribution >= 0.6 is 0 Å². The predicted octanol–water partition coefficient (Wildman–Crippen LogP) is 2.27. The summed E-state index contributed by atoms with van der Waals surface area (Å²) in [5.74, 6) is 0.965. The SMILES string of the molecule is CCCOC1CCCN(CCNC(C)C2CC2)C1. The van der Waals surface area contributed by atoms with E-state index in [0.29, 0.717) is 6.10 Å². The highest BCUT2D eigenvalue weighted by atomic mass is 16.5. The van der Waals surface area contributed by atoms with Crippen LogP contribution in [0.25, 0.3) is 0 Å². The Kier molecular flexibility index (Phi) is 5.93. The Labute approximate surface area is 112 Å². The molecule has 1 aliphatic heterocycles. The molecule has 2 unspecified atom stereocenters. The molecule has 0 amide bonds. The van der Waals surface area contributed by atoms with Gasteiger partial charge in [0.25, 0.3) is 0 Å². The third-order valence-corrected chi connectivity index (χ3v) is 4.24. The van der Waals surface area contributed by atoms with E-state index in [1.165, 1.54) is 38.8 Å². The maximum Gasteiger partial charge on any atom is 0.0702 e. The maximum absolute atomic E-state index is 5.88. The minimum atomic E-state index is 0.486. The Morgan fingerprint density at radius 2 is 2.17 bits per heavy atom. The van der Waals surface area contributed by atoms with Gasteiger partial charge in [0.15, 0.2) is 0 Å². The lowest BCUT2D eigenvalue weighted by Crippen LogP contribution is -2.44. The summed E-state index contributed by atoms with van der Waals surface area (Å²) in [6.45, 7) is 10.2. The molecule has 0 radical (unpaired) electrons. The van der Waals surface area contributed by atoms with Gasteiger partial charge in [-0.2, -0.15) is 0 Å². The van der Waals surface area contributed by atoms with Crippen LogP contribution in [0.1, 0.15) is 46.0 Å². The van der Waals surface area contributed by atoms with Gasteiger partial charge in [-0.1, -0.05) is 6.92 Å². The van der Waals surface area contributed by atoms with Gasteiger partial charge in [-0.15, -0.1) is 0 Å². The minimum Gasteiger partial charge on any atom is -0.377 e. The molecule has 0 aromatic rings. The second kappa shape index (κ2) is 7.46. The van der Waals surface area contributed by atoms with Gasteiger partial charge >= 0.3 is 0 Å². The van der Waals surface area contributed by atoms with Gasteiger partial charge in [0.1, 0.15) is 0 Å². The summed E-state index contributed by atoms with van der Waals surface area (Å²) in [5.41, 5.74) is 0. The molecule has 1 aliphatic carbocycles. The Bertz CT molecular complexity index is 231. The fourth-order valence-electron chi connectivity index (χ4n) is 2.85. The van der Waals surface area contributed by atoms with Gasteiger partial charge in [-0.3, -0.25) is 4.90 Å². The molecule has 2 fully saturated rings. The zero-order valence-electron chi connectivity index (χ0n) is 12.2. The number of rotatable bonds is 8. The molecule has 18 heavy (non-hydrogen) atoms. The molecule has 0 bridgehead atoms. The molecule has 1 saturated heterocycles. The molecule has 1 heterocycles. The van der Waals surface area contributed by atoms with Crippen molar-refractivity contribution in [2.75, 3.05) is 32.8 Å². The Hall–Kier alpha value is -0.120. The third-order valence-electron chi connectivity index (χ3n) is 4.24. The van der Waals surface area contributed by atoms with E-state index in [1.807, 2.05) is 0 Å². The summed E-state index contributed by atoms with van der Waals surface area (Å²) in [6, 6.07) is 0.724. The second-order valence-corrected chi connectivity index (χ2v) is 6.02. The van der Waals surface area contributed by atoms with Crippen LogP contribution in [0.4, 0.5) is 0 Å². The van der Waals surface area contributed by atoms with E-state index in [-0.39, 0.29) is 0 Å². The van der Waals surface area contributed by atoms with Crippen molar-refractivity contribution >= 4 is 0 Å². The van der Waals surface area contributed by atoms with Crippen molar-refractivity contribution in [3.05, 3.63) is 0 Å². The van der Waals surface area contributed by atoms with Crippen LogP contribution in [0.3, 0.4) is 0 Å². The summed E-state index contributed by atoms with van der Waals surface area (Å²) in [7, 11) is 0. The van der Waals surface area contributed by atoms with Crippen molar-refractivity contribution in [2.45, 2.75) is 58.1 Å². The molecule has 0 aromatic carbocycles. The normalized spacial score (nSPS) is 27.3. The van der Waals surface area contributed by atoms with Crippen molar-refractivity contribution in [3.63, 3.8) is 0 Å². The largest absolute Gasteiger partial charge is 0.377 e. The summed E-state index contributed by atoms with van der Waals surface area (Å²) in [5, 5.41) is 3.67. The molecule has 2 aliphatic rings. The first-order valence-corrected chi connectivity index (χ1v) is 7.87. The molecule has 0 aromatic heterocycles. The topological polar surface area (TPSA) is 24.5 Å². The Morgan fingerprint density at radius 3 is 2.89 bits per heavy atom. The molecular formula is C15H30N2O. The number of nitrogens with one attached hydrogen (secondary N) is 1. The number of likely N-dealkylation sites (tertiary alicyclic amines) is 1. The van der Waals surface area contributed by atoms with Crippen LogP contribution in [0.5, 0.6) is 0 Å². The maximum atomic E-state index is 5.88. The number of piperidine rings is 1. The fourth-order valence-corrected chi connectivity index (χ4v) is 2.85. The van der Waals surface area contributed by atoms with Crippen LogP contribution in [0, 0.1) is 5.92 Å². The van der Waals surface area contributed by atoms with Crippen LogP contribution in [0.2, 0.25) is 0 Å². The van der Waals surface area contributed by atoms with Gasteiger partial charge in [0.2, 0.25) is 0 Å². The first-order valence-electron chi connectivity index (χ1n) is 7.87. The average Bonchev–Trinajstić information content (AvgIpc) is 3.21. The van der Waals surface area contributed by atoms with Crippen molar-refractivity contribution in [3.8, 4) is 0 Å². The van der Waals surface area contributed by atoms with E-state index >= 15 is 0 Å². The molecular weight excluding hydrogens is 224 g/mol. The zero-order chi connectivity index (χ0) is 12.8. The third kappa shape index (κ3) is 4.87. The average molecular weight is 254 g/mol. The summed E-state index contributed by atoms with van der Waals surface area (Å²) < 4.78 is 5.88. The fraction of sp³-hybridized carbons (Fsp3) is 1.00. The highest BCUT2D eigenvalue weighted by Gasteiger charge is 2.27. The van der Waals surface area contributed by atoms with E-state index in [4.69, 9.17) is 4.74 Å². The number of nitrogens with zero attached hydrogens (tertiary/aromatic N) is 1. The molecule has 3 heteroatoms. The van der Waals surface area contributed by atoms with Crippen LogP contribution in [-0.4, -0.2) is 49.8 Å². The lowest BCUT2D eigenvalue weighted by molar-refractivity contribution is 0.000221. The summed E-state index contributed by atoms with van der Waals surface area (Å²) >= 11 is 0. The number of hydrogen-bond acceptors (Lipinski definition) is 3. The van der Waals surface area contributed by atoms with Crippen molar-refractivity contribution in [1.82, 2.24) is 10.2 Å². The highest BCUT2D eigenvalue weighted by molar-refractivity contribution is 4.83. The van der Waals surface area contributed by atoms with Gasteiger partial charge in [0.05, 0.1) is 6.10 Å². The standard InChI is InChI=1S/C15H30N2O/c1-3-11-18-15-5-4-9-17(12-15)10-8-16-13(2)14-6-7-14/h13-16H,3-12H2,1-2H3. The van der Waals surface area contributed by atoms with Crippen molar-refractivity contribution in [1.29, 1.82) is 0 Å². The van der Waals surface area contributed by atoms with E-state index < -0.39 is 0 Å². The molecule has 2 atom stereocenters. The van der Waals surface area contributed by atoms with Crippen LogP contribution in [0.15, 0.2) is 0 Å². The first-order chi connectivity index (χ1) is 8.79. The van der Waals surface area contributed by atoms with Gasteiger partial charge in [-0.05, 0) is 51.5 Å². The molecule has 3 nitrogen and oxygen atoms in total. The molecule has 1 N–H and O–H groups in total. The Balaban J connectivity index is 1.56. The molecule has 0 spiro atoms. The van der Waals surface area contributed by atoms with Gasteiger partial charge in [0, 0.05) is 32.3 Å². The van der Waals surface area contributed by atoms with Gasteiger partial charge < -0.3 is 10.1 Å². The van der Waals surface area contributed by atoms with E-state index in [0.717, 1.165) is 38.1 Å². The molecule has 2 rings (SSSR count). The molecule has 1 saturated carbocycles. The van der Waals surface area contributed by atoms with E-state index in [9.17, 15) is 0 Å². The highest BCUT2D eigenvalue weighted by Crippen LogP contribution is 2.32. The second-order valence-electron chi connectivity index (χ2n) is 6.02. The van der Waals surface area contributed by atoms with E-state index in [1.54, 1.807) is 0 Å². The minimum absolute atomic E-state index is 0.486. The number of ether oxygens (including phenoxy) is 1. The Morgan fingerprint density at radius 1 is 1.33 bits per heavy atom. The lowest BCUT2D eigenvalue weighted by atomic mass is 10.1. The number of hydrogen-bond donors (Lipinski definition) is 1. The predicted molar refractivity (Wildman–Crippen MR) is 75.9 cm³/mol. The summed E-state index contributed by atoms with van der Waals surface area (Å²) in [4.78, 5) is 2.57. The van der Waals surface area contributed by atoms with Crippen LogP contribution in [-0.2, 0) is 4.74 Å². The lowest BCUT2D eigenvalue weighted by Gasteiger charge is -2.33. The van der Waals surface area contributed by atoms with E-state index in [2.05, 4.69) is 24.1 Å². The van der Waals surface area contributed by atoms with Crippen molar-refractivity contribution in [2.24, 2.45) is 5.92 Å². The van der Waals surface area contributed by atoms with Crippen molar-refractivity contribution < 1.29 is 4.74 Å². The van der Waals surface area contributed by atoms with Gasteiger partial charge in [-0.25, -0.2) is 0 Å². The molecule has 106 valence electrons. The monoisotopic (exact) mass is 254 g/mol. The quantitative estimate of drug-likeness (QED) is 0.719. The first kappa shape index (κ1) is 14.3. The zero-order valence-corrected chi connectivity index (χ0v) is 12.2. The van der Waals surface area contributed by atoms with Crippen LogP contribution < -0.4 is 5.32 Å². The summed E-state index contributed by atoms with van der Waals surface area (Å²) in [6.07, 6.45) is 7.04.